The molecule has 1 saturated heterocycles. The van der Waals surface area contributed by atoms with Crippen molar-refractivity contribution in [3.05, 3.63) is 17.5 Å². The Morgan fingerprint density at radius 1 is 1.38 bits per heavy atom. The summed E-state index contributed by atoms with van der Waals surface area (Å²) in [6, 6.07) is 1.89. The number of nitrogens with two attached hydrogens (primary N) is 1. The van der Waals surface area contributed by atoms with Gasteiger partial charge in [0.2, 0.25) is 5.91 Å². The molecule has 2 amide bonds. The van der Waals surface area contributed by atoms with E-state index >= 15 is 0 Å². The number of carbonyl (C=O) groups excluding carboxylic acids is 2. The van der Waals surface area contributed by atoms with Gasteiger partial charge in [0.1, 0.15) is 5.76 Å². The van der Waals surface area contributed by atoms with Crippen molar-refractivity contribution in [3.63, 3.8) is 0 Å². The average Bonchev–Trinajstić information content (AvgIpc) is 3.31. The normalized spacial score (nSPS) is 23.8. The van der Waals surface area contributed by atoms with Crippen molar-refractivity contribution in [3.8, 4) is 0 Å². The van der Waals surface area contributed by atoms with E-state index in [1.807, 2.05) is 25.7 Å². The zero-order valence-corrected chi connectivity index (χ0v) is 16.0. The highest BCUT2D eigenvalue weighted by Crippen LogP contribution is 2.40. The first-order valence-electron chi connectivity index (χ1n) is 9.56. The zero-order chi connectivity index (χ0) is 18.9. The standard InChI is InChI=1S/C19H30N4O3/c1-12-8-14(6-7-23(12)17(24)10-19(2,3)11-20)21-18(25)15-9-16(26-22-15)13-4-5-13/h9,12-14H,4-8,10-11,20H2,1-3H3,(H,21,25)/t12-,14+/m0/s1. The molecule has 2 atom stereocenters. The molecule has 1 saturated carbocycles. The van der Waals surface area contributed by atoms with Gasteiger partial charge in [0.25, 0.3) is 5.91 Å². The van der Waals surface area contributed by atoms with E-state index in [0.717, 1.165) is 31.4 Å². The fourth-order valence-electron chi connectivity index (χ4n) is 3.47. The van der Waals surface area contributed by atoms with Crippen LogP contribution < -0.4 is 11.1 Å². The van der Waals surface area contributed by atoms with Crippen molar-refractivity contribution in [1.82, 2.24) is 15.4 Å². The summed E-state index contributed by atoms with van der Waals surface area (Å²) in [5.41, 5.74) is 5.91. The minimum atomic E-state index is -0.193. The van der Waals surface area contributed by atoms with E-state index in [1.165, 1.54) is 0 Å². The topological polar surface area (TPSA) is 101 Å². The molecule has 2 heterocycles. The fourth-order valence-corrected chi connectivity index (χ4v) is 3.47. The smallest absolute Gasteiger partial charge is 0.273 e. The highest BCUT2D eigenvalue weighted by Gasteiger charge is 2.33. The largest absolute Gasteiger partial charge is 0.360 e. The maximum Gasteiger partial charge on any atom is 0.273 e. The van der Waals surface area contributed by atoms with E-state index in [4.69, 9.17) is 10.3 Å². The van der Waals surface area contributed by atoms with Gasteiger partial charge in [-0.25, -0.2) is 0 Å². The second kappa shape index (κ2) is 7.39. The molecule has 1 aliphatic carbocycles. The number of hydrogen-bond donors (Lipinski definition) is 2. The number of aromatic nitrogens is 1. The van der Waals surface area contributed by atoms with Gasteiger partial charge in [-0.15, -0.1) is 0 Å². The maximum atomic E-state index is 12.6. The summed E-state index contributed by atoms with van der Waals surface area (Å²) in [7, 11) is 0. The Hall–Kier alpha value is -1.89. The van der Waals surface area contributed by atoms with Crippen molar-refractivity contribution in [1.29, 1.82) is 0 Å². The van der Waals surface area contributed by atoms with Gasteiger partial charge in [-0.2, -0.15) is 0 Å². The van der Waals surface area contributed by atoms with Crippen LogP contribution in [-0.4, -0.2) is 47.0 Å². The van der Waals surface area contributed by atoms with Crippen molar-refractivity contribution >= 4 is 11.8 Å². The summed E-state index contributed by atoms with van der Waals surface area (Å²) < 4.78 is 5.25. The van der Waals surface area contributed by atoms with Crippen LogP contribution in [-0.2, 0) is 4.79 Å². The summed E-state index contributed by atoms with van der Waals surface area (Å²) in [4.78, 5) is 26.9. The van der Waals surface area contributed by atoms with E-state index in [-0.39, 0.29) is 29.3 Å². The third kappa shape index (κ3) is 4.44. The number of piperidine rings is 1. The molecule has 7 heteroatoms. The maximum absolute atomic E-state index is 12.6. The van der Waals surface area contributed by atoms with E-state index in [9.17, 15) is 9.59 Å². The van der Waals surface area contributed by atoms with E-state index in [2.05, 4.69) is 10.5 Å². The number of carbonyl (C=O) groups is 2. The molecule has 1 aromatic heterocycles. The summed E-state index contributed by atoms with van der Waals surface area (Å²) in [6.45, 7) is 7.19. The number of amides is 2. The first-order chi connectivity index (χ1) is 12.3. The summed E-state index contributed by atoms with van der Waals surface area (Å²) >= 11 is 0. The van der Waals surface area contributed by atoms with Crippen LogP contribution in [0.15, 0.2) is 10.6 Å². The molecule has 144 valence electrons. The van der Waals surface area contributed by atoms with Gasteiger partial charge in [0, 0.05) is 37.0 Å². The van der Waals surface area contributed by atoms with Gasteiger partial charge in [-0.05, 0) is 44.6 Å². The van der Waals surface area contributed by atoms with Crippen LogP contribution in [0.2, 0.25) is 0 Å². The molecular formula is C19H30N4O3. The van der Waals surface area contributed by atoms with Gasteiger partial charge in [-0.1, -0.05) is 19.0 Å². The third-order valence-corrected chi connectivity index (χ3v) is 5.45. The quantitative estimate of drug-likeness (QED) is 0.806. The Bertz CT molecular complexity index is 665. The molecule has 0 aromatic carbocycles. The molecule has 7 nitrogen and oxygen atoms in total. The highest BCUT2D eigenvalue weighted by atomic mass is 16.5. The monoisotopic (exact) mass is 362 g/mol. The molecular weight excluding hydrogens is 332 g/mol. The lowest BCUT2D eigenvalue weighted by Gasteiger charge is -2.39. The highest BCUT2D eigenvalue weighted by molar-refractivity contribution is 5.92. The van der Waals surface area contributed by atoms with Crippen LogP contribution in [0, 0.1) is 5.41 Å². The van der Waals surface area contributed by atoms with Crippen molar-refractivity contribution < 1.29 is 14.1 Å². The van der Waals surface area contributed by atoms with E-state index < -0.39 is 0 Å². The Morgan fingerprint density at radius 2 is 2.12 bits per heavy atom. The molecule has 1 aromatic rings. The van der Waals surface area contributed by atoms with Gasteiger partial charge < -0.3 is 20.5 Å². The molecule has 2 fully saturated rings. The van der Waals surface area contributed by atoms with Crippen LogP contribution >= 0.6 is 0 Å². The van der Waals surface area contributed by atoms with Crippen molar-refractivity contribution in [2.24, 2.45) is 11.1 Å². The van der Waals surface area contributed by atoms with Gasteiger partial charge in [-0.3, -0.25) is 9.59 Å². The molecule has 26 heavy (non-hydrogen) atoms. The molecule has 0 radical (unpaired) electrons. The second-order valence-electron chi connectivity index (χ2n) is 8.56. The van der Waals surface area contributed by atoms with E-state index in [1.54, 1.807) is 6.07 Å². The zero-order valence-electron chi connectivity index (χ0n) is 16.0. The first-order valence-corrected chi connectivity index (χ1v) is 9.56. The predicted molar refractivity (Wildman–Crippen MR) is 97.6 cm³/mol. The van der Waals surface area contributed by atoms with Crippen LogP contribution in [0.3, 0.4) is 0 Å². The van der Waals surface area contributed by atoms with Crippen molar-refractivity contribution in [2.45, 2.75) is 70.9 Å². The third-order valence-electron chi connectivity index (χ3n) is 5.45. The van der Waals surface area contributed by atoms with Gasteiger partial charge in [0.15, 0.2) is 5.69 Å². The van der Waals surface area contributed by atoms with Crippen LogP contribution in [0.5, 0.6) is 0 Å². The Balaban J connectivity index is 1.51. The lowest BCUT2D eigenvalue weighted by molar-refractivity contribution is -0.136. The molecule has 0 spiro atoms. The van der Waals surface area contributed by atoms with Gasteiger partial charge >= 0.3 is 0 Å². The molecule has 3 N–H and O–H groups in total. The number of nitrogens with zero attached hydrogens (tertiary/aromatic N) is 2. The number of hydrogen-bond acceptors (Lipinski definition) is 5. The summed E-state index contributed by atoms with van der Waals surface area (Å²) in [5, 5.41) is 6.93. The molecule has 2 aliphatic rings. The Kier molecular flexibility index (Phi) is 5.37. The summed E-state index contributed by atoms with van der Waals surface area (Å²) in [5.74, 6) is 1.20. The minimum Gasteiger partial charge on any atom is -0.360 e. The number of rotatable bonds is 6. The molecule has 3 rings (SSSR count). The van der Waals surface area contributed by atoms with Crippen LogP contribution in [0.1, 0.15) is 75.0 Å². The lowest BCUT2D eigenvalue weighted by atomic mass is 9.88. The average molecular weight is 362 g/mol. The van der Waals surface area contributed by atoms with Crippen LogP contribution in [0.25, 0.3) is 0 Å². The van der Waals surface area contributed by atoms with Crippen molar-refractivity contribution in [2.75, 3.05) is 13.1 Å². The minimum absolute atomic E-state index is 0.0464. The number of likely N-dealkylation sites (tertiary alicyclic amines) is 1. The Labute approximate surface area is 154 Å². The Morgan fingerprint density at radius 3 is 2.73 bits per heavy atom. The fraction of sp³-hybridized carbons (Fsp3) is 0.737. The first kappa shape index (κ1) is 18.9. The van der Waals surface area contributed by atoms with E-state index in [0.29, 0.717) is 31.1 Å². The molecule has 0 bridgehead atoms. The summed E-state index contributed by atoms with van der Waals surface area (Å²) in [6.07, 6.45) is 4.17. The lowest BCUT2D eigenvalue weighted by Crippen LogP contribution is -2.51. The molecule has 0 unspecified atom stereocenters. The van der Waals surface area contributed by atoms with Crippen LogP contribution in [0.4, 0.5) is 0 Å². The second-order valence-corrected chi connectivity index (χ2v) is 8.56. The SMILES string of the molecule is C[C@H]1C[C@H](NC(=O)c2cc(C3CC3)on2)CCN1C(=O)CC(C)(C)CN. The molecule has 1 aliphatic heterocycles. The predicted octanol–water partition coefficient (Wildman–Crippen LogP) is 2.04. The number of nitrogens with one attached hydrogen (secondary N) is 1. The van der Waals surface area contributed by atoms with Gasteiger partial charge in [0.05, 0.1) is 0 Å².